The molecule has 0 atom stereocenters. The number of Topliss-reactive ketones (excluding diaryl/α,β-unsaturated/α-hetero) is 1. The smallest absolute Gasteiger partial charge is 0.414 e. The first-order valence-electron chi connectivity index (χ1n) is 9.29. The number of aliphatic carboxylic acids is 2. The zero-order valence-electron chi connectivity index (χ0n) is 16.4. The molecular formula is C20H20N2O8S. The molecule has 1 saturated heterocycles. The van der Waals surface area contributed by atoms with Crippen LogP contribution >= 0.6 is 11.3 Å². The van der Waals surface area contributed by atoms with E-state index in [4.69, 9.17) is 29.3 Å². The Morgan fingerprint density at radius 1 is 0.935 bits per heavy atom. The average molecular weight is 448 g/mol. The fourth-order valence-electron chi connectivity index (χ4n) is 3.04. The van der Waals surface area contributed by atoms with Crippen LogP contribution in [0.3, 0.4) is 0 Å². The third-order valence-corrected chi connectivity index (χ3v) is 5.54. The minimum Gasteiger partial charge on any atom is -0.473 e. The van der Waals surface area contributed by atoms with Crippen LogP contribution in [0.15, 0.2) is 35.7 Å². The van der Waals surface area contributed by atoms with Gasteiger partial charge in [-0.05, 0) is 29.6 Å². The Bertz CT molecular complexity index is 956. The maximum Gasteiger partial charge on any atom is 0.414 e. The molecule has 0 radical (unpaired) electrons. The third kappa shape index (κ3) is 5.80. The van der Waals surface area contributed by atoms with Crippen LogP contribution in [0.4, 0.5) is 0 Å². The zero-order chi connectivity index (χ0) is 22.4. The summed E-state index contributed by atoms with van der Waals surface area (Å²) in [5.74, 6) is -2.22. The number of nitrogens with zero attached hydrogens (tertiary/aromatic N) is 2. The molecule has 1 amide bonds. The summed E-state index contributed by atoms with van der Waals surface area (Å²) in [7, 11) is 0. The number of benzene rings is 1. The molecule has 2 N–H and O–H groups in total. The number of thiophene rings is 1. The molecule has 0 saturated carbocycles. The minimum absolute atomic E-state index is 0.0115. The number of rotatable bonds is 4. The van der Waals surface area contributed by atoms with E-state index >= 15 is 0 Å². The normalized spacial score (nSPS) is 15.0. The van der Waals surface area contributed by atoms with Gasteiger partial charge in [0.1, 0.15) is 0 Å². The van der Waals surface area contributed by atoms with Gasteiger partial charge >= 0.3 is 11.9 Å². The van der Waals surface area contributed by atoms with Crippen LogP contribution in [0.2, 0.25) is 0 Å². The van der Waals surface area contributed by atoms with E-state index in [1.54, 1.807) is 18.2 Å². The molecule has 4 rings (SSSR count). The number of carbonyl (C=O) groups is 4. The molecule has 2 aliphatic heterocycles. The van der Waals surface area contributed by atoms with Gasteiger partial charge in [-0.1, -0.05) is 6.07 Å². The van der Waals surface area contributed by atoms with Crippen LogP contribution in [0, 0.1) is 0 Å². The lowest BCUT2D eigenvalue weighted by Gasteiger charge is -2.34. The second-order valence-corrected chi connectivity index (χ2v) is 7.59. The number of carboxylic acids is 2. The number of ether oxygens (including phenoxy) is 2. The lowest BCUT2D eigenvalue weighted by Crippen LogP contribution is -2.49. The molecule has 11 heteroatoms. The Balaban J connectivity index is 0.000000401. The molecule has 31 heavy (non-hydrogen) atoms. The first-order valence-corrected chi connectivity index (χ1v) is 10.2. The summed E-state index contributed by atoms with van der Waals surface area (Å²) >= 11 is 1.47. The van der Waals surface area contributed by atoms with Gasteiger partial charge in [0.25, 0.3) is 5.91 Å². The number of carbonyl (C=O) groups excluding carboxylic acids is 2. The molecule has 2 aliphatic rings. The maximum absolute atomic E-state index is 12.7. The number of hydrogen-bond acceptors (Lipinski definition) is 8. The van der Waals surface area contributed by atoms with E-state index < -0.39 is 11.9 Å². The van der Waals surface area contributed by atoms with Crippen molar-refractivity contribution in [2.45, 2.75) is 0 Å². The summed E-state index contributed by atoms with van der Waals surface area (Å²) in [5, 5.41) is 16.7. The number of piperazine rings is 1. The van der Waals surface area contributed by atoms with E-state index in [9.17, 15) is 9.59 Å². The topological polar surface area (TPSA) is 134 Å². The van der Waals surface area contributed by atoms with Crippen molar-refractivity contribution in [3.63, 3.8) is 0 Å². The van der Waals surface area contributed by atoms with E-state index in [1.807, 2.05) is 22.4 Å². The summed E-state index contributed by atoms with van der Waals surface area (Å²) in [6.07, 6.45) is 0. The van der Waals surface area contributed by atoms with Crippen molar-refractivity contribution in [3.8, 4) is 11.5 Å². The van der Waals surface area contributed by atoms with E-state index in [2.05, 4.69) is 4.90 Å². The summed E-state index contributed by atoms with van der Waals surface area (Å²) in [6.45, 7) is 3.24. The second kappa shape index (κ2) is 10.0. The van der Waals surface area contributed by atoms with Gasteiger partial charge in [0.05, 0.1) is 11.4 Å². The average Bonchev–Trinajstić information content (AvgIpc) is 3.45. The van der Waals surface area contributed by atoms with Gasteiger partial charge in [0.2, 0.25) is 6.79 Å². The number of ketones is 1. The number of hydrogen-bond donors (Lipinski definition) is 2. The zero-order valence-corrected chi connectivity index (χ0v) is 17.2. The van der Waals surface area contributed by atoms with Gasteiger partial charge in [-0.15, -0.1) is 11.3 Å². The van der Waals surface area contributed by atoms with Crippen molar-refractivity contribution in [2.24, 2.45) is 0 Å². The molecule has 3 heterocycles. The summed E-state index contributed by atoms with van der Waals surface area (Å²) in [4.78, 5) is 47.8. The van der Waals surface area contributed by atoms with Gasteiger partial charge in [-0.3, -0.25) is 14.5 Å². The molecule has 0 spiro atoms. The lowest BCUT2D eigenvalue weighted by atomic mass is 10.1. The van der Waals surface area contributed by atoms with Crippen molar-refractivity contribution in [2.75, 3.05) is 39.5 Å². The Labute approximate surface area is 181 Å². The quantitative estimate of drug-likeness (QED) is 0.524. The fraction of sp³-hybridized carbons (Fsp3) is 0.300. The van der Waals surface area contributed by atoms with Crippen molar-refractivity contribution < 1.29 is 38.9 Å². The predicted molar refractivity (Wildman–Crippen MR) is 109 cm³/mol. The fourth-order valence-corrected chi connectivity index (χ4v) is 3.70. The molecule has 164 valence electrons. The summed E-state index contributed by atoms with van der Waals surface area (Å²) in [5.41, 5.74) is 0.604. The standard InChI is InChI=1S/C18H18N2O4S.C2H2O4/c21-14(17-2-1-9-25-17)11-19-5-7-20(8-6-19)18(22)13-3-4-15-16(10-13)24-12-23-15;3-1(4)2(5)6/h1-4,9-10H,5-8,11-12H2;(H,3,4)(H,5,6). The highest BCUT2D eigenvalue weighted by atomic mass is 32.1. The first-order chi connectivity index (χ1) is 14.8. The van der Waals surface area contributed by atoms with E-state index in [0.29, 0.717) is 49.8 Å². The van der Waals surface area contributed by atoms with E-state index in [-0.39, 0.29) is 18.5 Å². The highest BCUT2D eigenvalue weighted by Crippen LogP contribution is 2.32. The number of carboxylic acid groups (broad SMARTS) is 2. The molecule has 0 bridgehead atoms. The van der Waals surface area contributed by atoms with E-state index in [0.717, 1.165) is 4.88 Å². The highest BCUT2D eigenvalue weighted by molar-refractivity contribution is 7.12. The Hall–Kier alpha value is -3.44. The van der Waals surface area contributed by atoms with Crippen LogP contribution in [0.5, 0.6) is 11.5 Å². The Morgan fingerprint density at radius 3 is 2.23 bits per heavy atom. The second-order valence-electron chi connectivity index (χ2n) is 6.65. The molecule has 1 fully saturated rings. The first kappa shape index (κ1) is 22.2. The molecule has 0 unspecified atom stereocenters. The van der Waals surface area contributed by atoms with Crippen molar-refractivity contribution in [1.29, 1.82) is 0 Å². The van der Waals surface area contributed by atoms with Crippen LogP contribution in [0.1, 0.15) is 20.0 Å². The molecule has 1 aromatic carbocycles. The van der Waals surface area contributed by atoms with Crippen LogP contribution in [0.25, 0.3) is 0 Å². The van der Waals surface area contributed by atoms with Crippen LogP contribution < -0.4 is 9.47 Å². The van der Waals surface area contributed by atoms with Gasteiger partial charge in [-0.2, -0.15) is 0 Å². The largest absolute Gasteiger partial charge is 0.473 e. The highest BCUT2D eigenvalue weighted by Gasteiger charge is 2.25. The molecule has 1 aromatic heterocycles. The van der Waals surface area contributed by atoms with Gasteiger partial charge in [0.15, 0.2) is 17.3 Å². The third-order valence-electron chi connectivity index (χ3n) is 4.63. The SMILES string of the molecule is O=C(CN1CCN(C(=O)c2ccc3c(c2)OCO3)CC1)c1cccs1.O=C(O)C(=O)O. The summed E-state index contributed by atoms with van der Waals surface area (Å²) in [6, 6.07) is 9.01. The molecular weight excluding hydrogens is 428 g/mol. The lowest BCUT2D eigenvalue weighted by molar-refractivity contribution is -0.159. The maximum atomic E-state index is 12.7. The minimum atomic E-state index is -1.82. The Kier molecular flexibility index (Phi) is 7.21. The molecule has 10 nitrogen and oxygen atoms in total. The predicted octanol–water partition coefficient (Wildman–Crippen LogP) is 1.27. The molecule has 0 aliphatic carbocycles. The van der Waals surface area contributed by atoms with Crippen LogP contribution in [-0.4, -0.2) is 83.2 Å². The van der Waals surface area contributed by atoms with E-state index in [1.165, 1.54) is 11.3 Å². The number of fused-ring (bicyclic) bond motifs is 1. The summed E-state index contributed by atoms with van der Waals surface area (Å²) < 4.78 is 10.6. The Morgan fingerprint density at radius 2 is 1.61 bits per heavy atom. The molecule has 2 aromatic rings. The number of amides is 1. The van der Waals surface area contributed by atoms with Crippen molar-refractivity contribution in [3.05, 3.63) is 46.2 Å². The monoisotopic (exact) mass is 448 g/mol. The van der Waals surface area contributed by atoms with Crippen molar-refractivity contribution in [1.82, 2.24) is 9.80 Å². The van der Waals surface area contributed by atoms with Crippen LogP contribution in [-0.2, 0) is 9.59 Å². The van der Waals surface area contributed by atoms with Crippen molar-refractivity contribution >= 4 is 35.0 Å². The van der Waals surface area contributed by atoms with Gasteiger partial charge in [0, 0.05) is 31.7 Å². The van der Waals surface area contributed by atoms with Gasteiger partial charge < -0.3 is 24.6 Å². The van der Waals surface area contributed by atoms with Gasteiger partial charge in [-0.25, -0.2) is 9.59 Å².